The zero-order valence-corrected chi connectivity index (χ0v) is 10.9. The average molecular weight is 289 g/mol. The van der Waals surface area contributed by atoms with Crippen LogP contribution in [-0.2, 0) is 10.0 Å². The predicted octanol–water partition coefficient (Wildman–Crippen LogP) is 1.31. The molecule has 18 heavy (non-hydrogen) atoms. The van der Waals surface area contributed by atoms with Crippen molar-refractivity contribution in [1.82, 2.24) is 4.31 Å². The molecule has 0 aromatic rings. The van der Waals surface area contributed by atoms with E-state index in [4.69, 9.17) is 11.1 Å². The third kappa shape index (κ3) is 7.49. The Morgan fingerprint density at radius 2 is 1.94 bits per heavy atom. The van der Waals surface area contributed by atoms with Crippen LogP contribution in [0, 0.1) is 5.41 Å². The summed E-state index contributed by atoms with van der Waals surface area (Å²) in [7, 11) is -3.79. The summed E-state index contributed by atoms with van der Waals surface area (Å²) >= 11 is 0. The number of rotatable bonds is 8. The van der Waals surface area contributed by atoms with Gasteiger partial charge in [-0.15, -0.1) is 0 Å². The summed E-state index contributed by atoms with van der Waals surface area (Å²) in [5, 5.41) is 7.05. The van der Waals surface area contributed by atoms with Crippen molar-refractivity contribution in [2.24, 2.45) is 5.73 Å². The second-order valence-electron chi connectivity index (χ2n) is 3.89. The summed E-state index contributed by atoms with van der Waals surface area (Å²) in [5.74, 6) is -0.914. The highest BCUT2D eigenvalue weighted by Crippen LogP contribution is 2.22. The molecule has 0 saturated heterocycles. The van der Waals surface area contributed by atoms with E-state index in [-0.39, 0.29) is 18.9 Å². The summed E-state index contributed by atoms with van der Waals surface area (Å²) in [5.41, 5.74) is 5.12. The minimum atomic E-state index is -4.36. The summed E-state index contributed by atoms with van der Waals surface area (Å²) in [6.07, 6.45) is -5.46. The normalized spacial score (nSPS) is 12.9. The molecule has 0 heterocycles. The third-order valence-electron chi connectivity index (χ3n) is 2.08. The van der Waals surface area contributed by atoms with Crippen molar-refractivity contribution in [3.05, 3.63) is 0 Å². The van der Waals surface area contributed by atoms with E-state index in [0.29, 0.717) is 6.42 Å². The average Bonchev–Trinajstić information content (AvgIpc) is 2.13. The van der Waals surface area contributed by atoms with Crippen LogP contribution in [0.3, 0.4) is 0 Å². The van der Waals surface area contributed by atoms with E-state index in [1.165, 1.54) is 0 Å². The largest absolute Gasteiger partial charge is 0.389 e. The van der Waals surface area contributed by atoms with Gasteiger partial charge >= 0.3 is 6.18 Å². The minimum Gasteiger partial charge on any atom is -0.387 e. The van der Waals surface area contributed by atoms with Crippen LogP contribution in [-0.4, -0.2) is 43.6 Å². The zero-order chi connectivity index (χ0) is 14.4. The van der Waals surface area contributed by atoms with Crippen LogP contribution in [0.5, 0.6) is 0 Å². The fourth-order valence-corrected chi connectivity index (χ4v) is 2.90. The maximum absolute atomic E-state index is 11.9. The van der Waals surface area contributed by atoms with E-state index < -0.39 is 34.8 Å². The van der Waals surface area contributed by atoms with Crippen LogP contribution in [0.25, 0.3) is 0 Å². The van der Waals surface area contributed by atoms with Gasteiger partial charge in [-0.2, -0.15) is 17.5 Å². The first-order valence-corrected chi connectivity index (χ1v) is 7.07. The van der Waals surface area contributed by atoms with Gasteiger partial charge in [0.25, 0.3) is 0 Å². The molecule has 0 rings (SSSR count). The Kier molecular flexibility index (Phi) is 6.61. The molecule has 0 atom stereocenters. The van der Waals surface area contributed by atoms with E-state index in [9.17, 15) is 21.6 Å². The van der Waals surface area contributed by atoms with Crippen LogP contribution >= 0.6 is 0 Å². The second-order valence-corrected chi connectivity index (χ2v) is 5.98. The highest BCUT2D eigenvalue weighted by molar-refractivity contribution is 7.89. The number of hydrogen-bond donors (Lipinski definition) is 2. The van der Waals surface area contributed by atoms with Crippen molar-refractivity contribution >= 4 is 15.9 Å². The van der Waals surface area contributed by atoms with E-state index in [0.717, 1.165) is 4.31 Å². The number of nitrogens with one attached hydrogen (secondary N) is 1. The summed E-state index contributed by atoms with van der Waals surface area (Å²) in [4.78, 5) is 0. The Labute approximate surface area is 105 Å². The number of hydrogen-bond acceptors (Lipinski definition) is 3. The lowest BCUT2D eigenvalue weighted by Crippen LogP contribution is -2.40. The van der Waals surface area contributed by atoms with Gasteiger partial charge in [0.05, 0.1) is 12.3 Å². The van der Waals surface area contributed by atoms with Crippen molar-refractivity contribution in [3.63, 3.8) is 0 Å². The lowest BCUT2D eigenvalue weighted by molar-refractivity contribution is -0.134. The lowest BCUT2D eigenvalue weighted by atomic mass is 10.3. The molecule has 9 heteroatoms. The maximum atomic E-state index is 11.9. The predicted molar refractivity (Wildman–Crippen MR) is 62.9 cm³/mol. The van der Waals surface area contributed by atoms with Gasteiger partial charge in [0, 0.05) is 13.0 Å². The number of nitrogens with two attached hydrogens (primary N) is 1. The molecule has 5 nitrogen and oxygen atoms in total. The topological polar surface area (TPSA) is 87.2 Å². The first-order chi connectivity index (χ1) is 8.08. The van der Waals surface area contributed by atoms with E-state index in [1.807, 2.05) is 0 Å². The number of amidine groups is 1. The molecule has 0 aromatic heterocycles. The molecule has 108 valence electrons. The van der Waals surface area contributed by atoms with Crippen LogP contribution in [0.15, 0.2) is 0 Å². The molecule has 0 aliphatic carbocycles. The number of sulfonamides is 1. The Balaban J connectivity index is 4.50. The van der Waals surface area contributed by atoms with Crippen molar-refractivity contribution in [2.75, 3.05) is 18.8 Å². The van der Waals surface area contributed by atoms with Gasteiger partial charge < -0.3 is 5.73 Å². The van der Waals surface area contributed by atoms with Gasteiger partial charge in [-0.1, -0.05) is 6.92 Å². The van der Waals surface area contributed by atoms with Gasteiger partial charge in [-0.3, -0.25) is 5.41 Å². The molecule has 0 aliphatic heterocycles. The lowest BCUT2D eigenvalue weighted by Gasteiger charge is -2.21. The second kappa shape index (κ2) is 6.93. The number of nitrogens with zero attached hydrogens (tertiary/aromatic N) is 1. The zero-order valence-electron chi connectivity index (χ0n) is 10.1. The molecule has 3 N–H and O–H groups in total. The first kappa shape index (κ1) is 17.2. The summed E-state index contributed by atoms with van der Waals surface area (Å²) in [6, 6.07) is 0. The van der Waals surface area contributed by atoms with Crippen molar-refractivity contribution < 1.29 is 21.6 Å². The van der Waals surface area contributed by atoms with Gasteiger partial charge in [0.1, 0.15) is 5.84 Å². The highest BCUT2D eigenvalue weighted by atomic mass is 32.2. The molecular weight excluding hydrogens is 271 g/mol. The molecule has 0 saturated carbocycles. The fourth-order valence-electron chi connectivity index (χ4n) is 1.34. The van der Waals surface area contributed by atoms with Crippen LogP contribution in [0.2, 0.25) is 0 Å². The molecule has 0 spiro atoms. The number of halogens is 3. The SMILES string of the molecule is CCCN(CC(=N)N)S(=O)(=O)CCCC(F)(F)F. The summed E-state index contributed by atoms with van der Waals surface area (Å²) in [6.45, 7) is 1.61. The smallest absolute Gasteiger partial charge is 0.387 e. The highest BCUT2D eigenvalue weighted by Gasteiger charge is 2.29. The van der Waals surface area contributed by atoms with E-state index in [1.54, 1.807) is 6.92 Å². The minimum absolute atomic E-state index is 0.147. The van der Waals surface area contributed by atoms with Crippen LogP contribution in [0.4, 0.5) is 13.2 Å². The van der Waals surface area contributed by atoms with Gasteiger partial charge in [-0.05, 0) is 12.8 Å². The van der Waals surface area contributed by atoms with Crippen LogP contribution in [0.1, 0.15) is 26.2 Å². The molecule has 0 bridgehead atoms. The molecule has 0 aliphatic rings. The fraction of sp³-hybridized carbons (Fsp3) is 0.889. The third-order valence-corrected chi connectivity index (χ3v) is 3.98. The monoisotopic (exact) mass is 289 g/mol. The van der Waals surface area contributed by atoms with Crippen molar-refractivity contribution in [3.8, 4) is 0 Å². The molecular formula is C9H18F3N3O2S. The Morgan fingerprint density at radius 3 is 2.33 bits per heavy atom. The molecule has 0 amide bonds. The van der Waals surface area contributed by atoms with E-state index in [2.05, 4.69) is 0 Å². The van der Waals surface area contributed by atoms with Gasteiger partial charge in [-0.25, -0.2) is 8.42 Å². The molecule has 0 unspecified atom stereocenters. The standard InChI is InChI=1S/C9H18F3N3O2S/c1-2-5-15(7-8(13)14)18(16,17)6-3-4-9(10,11)12/h2-7H2,1H3,(H3,13,14). The number of alkyl halides is 3. The molecule has 0 aromatic carbocycles. The van der Waals surface area contributed by atoms with Gasteiger partial charge in [0.15, 0.2) is 0 Å². The van der Waals surface area contributed by atoms with Crippen molar-refractivity contribution in [1.29, 1.82) is 5.41 Å². The molecule has 0 radical (unpaired) electrons. The quantitative estimate of drug-likeness (QED) is 0.521. The van der Waals surface area contributed by atoms with Crippen molar-refractivity contribution in [2.45, 2.75) is 32.4 Å². The first-order valence-electron chi connectivity index (χ1n) is 5.46. The Hall–Kier alpha value is -0.830. The van der Waals surface area contributed by atoms with Gasteiger partial charge in [0.2, 0.25) is 10.0 Å². The van der Waals surface area contributed by atoms with Crippen LogP contribution < -0.4 is 5.73 Å². The summed E-state index contributed by atoms with van der Waals surface area (Å²) < 4.78 is 60.2. The Morgan fingerprint density at radius 1 is 1.39 bits per heavy atom. The van der Waals surface area contributed by atoms with E-state index >= 15 is 0 Å². The molecule has 0 fully saturated rings. The maximum Gasteiger partial charge on any atom is 0.389 e. The Bertz CT molecular complexity index is 368.